The summed E-state index contributed by atoms with van der Waals surface area (Å²) in [5.41, 5.74) is 6.14. The van der Waals surface area contributed by atoms with Crippen molar-refractivity contribution in [1.29, 1.82) is 0 Å². The van der Waals surface area contributed by atoms with Crippen LogP contribution in [0.1, 0.15) is 115 Å². The number of hydrogen-bond donors (Lipinski definition) is 0. The zero-order chi connectivity index (χ0) is 21.9. The largest absolute Gasteiger partial charge is 0.344 e. The zero-order valence-electron chi connectivity index (χ0n) is 20.5. The Balaban J connectivity index is 1.84. The maximum absolute atomic E-state index is 2.43. The minimum atomic E-state index is 0.176. The number of benzene rings is 2. The van der Waals surface area contributed by atoms with Gasteiger partial charge in [-0.3, -0.25) is 0 Å². The van der Waals surface area contributed by atoms with E-state index in [2.05, 4.69) is 74.3 Å². The van der Waals surface area contributed by atoms with Crippen LogP contribution in [0.25, 0.3) is 0 Å². The average molecular weight is 420 g/mol. The number of fused-ring (bicyclic) bond motifs is 2. The predicted octanol–water partition coefficient (Wildman–Crippen LogP) is 9.56. The topological polar surface area (TPSA) is 3.24 Å². The SMILES string of the molecule is CCCCCCCCC1(CCCCCCCC)c2ccccc2N(C)c2ccccc21. The lowest BCUT2D eigenvalue weighted by Crippen LogP contribution is -2.36. The molecule has 0 radical (unpaired) electrons. The number of para-hydroxylation sites is 2. The fourth-order valence-electron chi connectivity index (χ4n) is 5.69. The second-order valence-electron chi connectivity index (χ2n) is 9.71. The summed E-state index contributed by atoms with van der Waals surface area (Å²) in [6.45, 7) is 4.61. The summed E-state index contributed by atoms with van der Waals surface area (Å²) in [4.78, 5) is 2.42. The van der Waals surface area contributed by atoms with Gasteiger partial charge in [0.15, 0.2) is 0 Å². The van der Waals surface area contributed by atoms with Gasteiger partial charge in [-0.2, -0.15) is 0 Å². The Morgan fingerprint density at radius 3 is 1.39 bits per heavy atom. The minimum absolute atomic E-state index is 0.176. The third-order valence-corrected chi connectivity index (χ3v) is 7.48. The quantitative estimate of drug-likeness (QED) is 0.275. The smallest absolute Gasteiger partial charge is 0.0449 e. The van der Waals surface area contributed by atoms with E-state index in [0.717, 1.165) is 0 Å². The fourth-order valence-corrected chi connectivity index (χ4v) is 5.69. The number of anilines is 2. The van der Waals surface area contributed by atoms with Gasteiger partial charge in [0.25, 0.3) is 0 Å². The molecule has 3 rings (SSSR count). The molecule has 170 valence electrons. The summed E-state index contributed by atoms with van der Waals surface area (Å²) in [7, 11) is 2.25. The normalized spacial score (nSPS) is 14.4. The number of nitrogens with zero attached hydrogens (tertiary/aromatic N) is 1. The van der Waals surface area contributed by atoms with Crippen molar-refractivity contribution in [3.05, 3.63) is 59.7 Å². The molecular weight excluding hydrogens is 374 g/mol. The second-order valence-corrected chi connectivity index (χ2v) is 9.71. The van der Waals surface area contributed by atoms with Gasteiger partial charge in [0.05, 0.1) is 0 Å². The first kappa shape index (κ1) is 23.9. The third-order valence-electron chi connectivity index (χ3n) is 7.48. The van der Waals surface area contributed by atoms with E-state index in [-0.39, 0.29) is 5.41 Å². The van der Waals surface area contributed by atoms with Gasteiger partial charge in [0, 0.05) is 23.8 Å². The highest BCUT2D eigenvalue weighted by atomic mass is 15.1. The molecule has 31 heavy (non-hydrogen) atoms. The molecule has 0 aliphatic carbocycles. The fraction of sp³-hybridized carbons (Fsp3) is 0.600. The van der Waals surface area contributed by atoms with E-state index in [9.17, 15) is 0 Å². The molecular formula is C30H45N. The van der Waals surface area contributed by atoms with Crippen LogP contribution in [0.15, 0.2) is 48.5 Å². The summed E-state index contributed by atoms with van der Waals surface area (Å²) in [6.07, 6.45) is 19.0. The summed E-state index contributed by atoms with van der Waals surface area (Å²) in [6, 6.07) is 18.5. The summed E-state index contributed by atoms with van der Waals surface area (Å²) in [5.74, 6) is 0. The Hall–Kier alpha value is -1.76. The molecule has 0 bridgehead atoms. The van der Waals surface area contributed by atoms with Gasteiger partial charge in [-0.15, -0.1) is 0 Å². The van der Waals surface area contributed by atoms with Crippen LogP contribution in [0.4, 0.5) is 11.4 Å². The lowest BCUT2D eigenvalue weighted by Gasteiger charge is -2.45. The van der Waals surface area contributed by atoms with Crippen LogP contribution in [0, 0.1) is 0 Å². The van der Waals surface area contributed by atoms with Gasteiger partial charge in [-0.25, -0.2) is 0 Å². The molecule has 2 aromatic rings. The van der Waals surface area contributed by atoms with Gasteiger partial charge >= 0.3 is 0 Å². The molecule has 1 aliphatic heterocycles. The Kier molecular flexibility index (Phi) is 9.50. The highest BCUT2D eigenvalue weighted by molar-refractivity contribution is 5.77. The van der Waals surface area contributed by atoms with Crippen molar-refractivity contribution in [1.82, 2.24) is 0 Å². The second kappa shape index (κ2) is 12.3. The monoisotopic (exact) mass is 419 g/mol. The van der Waals surface area contributed by atoms with E-state index in [1.54, 1.807) is 11.1 Å². The van der Waals surface area contributed by atoms with E-state index in [1.807, 2.05) is 0 Å². The Morgan fingerprint density at radius 1 is 0.548 bits per heavy atom. The van der Waals surface area contributed by atoms with Gasteiger partial charge in [-0.05, 0) is 36.1 Å². The zero-order valence-corrected chi connectivity index (χ0v) is 20.5. The lowest BCUT2D eigenvalue weighted by atomic mass is 9.65. The molecule has 0 atom stereocenters. The number of rotatable bonds is 14. The summed E-state index contributed by atoms with van der Waals surface area (Å²) < 4.78 is 0. The molecule has 0 unspecified atom stereocenters. The van der Waals surface area contributed by atoms with Crippen LogP contribution in [0.3, 0.4) is 0 Å². The van der Waals surface area contributed by atoms with E-state index >= 15 is 0 Å². The van der Waals surface area contributed by atoms with Crippen molar-refractivity contribution < 1.29 is 0 Å². The molecule has 0 spiro atoms. The van der Waals surface area contributed by atoms with Gasteiger partial charge in [0.1, 0.15) is 0 Å². The highest BCUT2D eigenvalue weighted by Gasteiger charge is 2.41. The molecule has 1 heterocycles. The molecule has 0 aromatic heterocycles. The molecule has 0 saturated carbocycles. The molecule has 2 aromatic carbocycles. The van der Waals surface area contributed by atoms with Crippen molar-refractivity contribution in [3.8, 4) is 0 Å². The van der Waals surface area contributed by atoms with Crippen LogP contribution in [-0.2, 0) is 5.41 Å². The first-order chi connectivity index (χ1) is 15.2. The first-order valence-electron chi connectivity index (χ1n) is 13.2. The Labute approximate surface area is 192 Å². The van der Waals surface area contributed by atoms with Crippen LogP contribution >= 0.6 is 0 Å². The van der Waals surface area contributed by atoms with Crippen molar-refractivity contribution >= 4 is 11.4 Å². The standard InChI is InChI=1S/C30H45N/c1-4-6-8-10-12-18-24-30(25-19-13-11-9-7-5-2)26-20-14-16-22-28(26)31(3)29-23-17-15-21-27(29)30/h14-17,20-23H,4-13,18-19,24-25H2,1-3H3. The van der Waals surface area contributed by atoms with Gasteiger partial charge in [-0.1, -0.05) is 127 Å². The van der Waals surface area contributed by atoms with E-state index in [1.165, 1.54) is 101 Å². The predicted molar refractivity (Wildman–Crippen MR) is 138 cm³/mol. The minimum Gasteiger partial charge on any atom is -0.344 e. The summed E-state index contributed by atoms with van der Waals surface area (Å²) >= 11 is 0. The highest BCUT2D eigenvalue weighted by Crippen LogP contribution is 2.53. The first-order valence-corrected chi connectivity index (χ1v) is 13.2. The Morgan fingerprint density at radius 2 is 0.935 bits per heavy atom. The molecule has 1 nitrogen and oxygen atoms in total. The van der Waals surface area contributed by atoms with Crippen molar-refractivity contribution in [3.63, 3.8) is 0 Å². The maximum atomic E-state index is 2.43. The number of unbranched alkanes of at least 4 members (excludes halogenated alkanes) is 10. The van der Waals surface area contributed by atoms with Crippen molar-refractivity contribution in [2.24, 2.45) is 0 Å². The van der Waals surface area contributed by atoms with Crippen LogP contribution in [0.2, 0.25) is 0 Å². The molecule has 1 heteroatoms. The number of hydrogen-bond acceptors (Lipinski definition) is 1. The van der Waals surface area contributed by atoms with E-state index in [4.69, 9.17) is 0 Å². The average Bonchev–Trinajstić information content (AvgIpc) is 2.81. The molecule has 1 aliphatic rings. The van der Waals surface area contributed by atoms with Gasteiger partial charge in [0.2, 0.25) is 0 Å². The molecule has 0 N–H and O–H groups in total. The lowest BCUT2D eigenvalue weighted by molar-refractivity contribution is 0.388. The van der Waals surface area contributed by atoms with Crippen LogP contribution < -0.4 is 4.90 Å². The molecule has 0 fully saturated rings. The van der Waals surface area contributed by atoms with Crippen LogP contribution in [-0.4, -0.2) is 7.05 Å². The van der Waals surface area contributed by atoms with Crippen molar-refractivity contribution in [2.45, 2.75) is 109 Å². The molecule has 0 saturated heterocycles. The Bertz CT molecular complexity index is 712. The third kappa shape index (κ3) is 5.73. The maximum Gasteiger partial charge on any atom is 0.0449 e. The summed E-state index contributed by atoms with van der Waals surface area (Å²) in [5, 5.41) is 0. The van der Waals surface area contributed by atoms with E-state index < -0.39 is 0 Å². The molecule has 0 amide bonds. The van der Waals surface area contributed by atoms with Gasteiger partial charge < -0.3 is 4.90 Å². The van der Waals surface area contributed by atoms with E-state index in [0.29, 0.717) is 0 Å². The van der Waals surface area contributed by atoms with Crippen molar-refractivity contribution in [2.75, 3.05) is 11.9 Å². The van der Waals surface area contributed by atoms with Crippen LogP contribution in [0.5, 0.6) is 0 Å².